The first-order valence-corrected chi connectivity index (χ1v) is 11.9. The van der Waals surface area contributed by atoms with Crippen molar-refractivity contribution < 1.29 is 21.6 Å². The van der Waals surface area contributed by atoms with E-state index in [1.807, 2.05) is 0 Å². The quantitative estimate of drug-likeness (QED) is 0.710. The summed E-state index contributed by atoms with van der Waals surface area (Å²) < 4.78 is 48.1. The minimum atomic E-state index is -3.24. The molecule has 0 aliphatic carbocycles. The fourth-order valence-electron chi connectivity index (χ4n) is 3.79. The molecule has 2 heterocycles. The van der Waals surface area contributed by atoms with E-state index in [1.165, 1.54) is 6.26 Å². The first-order valence-electron chi connectivity index (χ1n) is 7.97. The van der Waals surface area contributed by atoms with Crippen LogP contribution in [0.4, 0.5) is 0 Å². The van der Waals surface area contributed by atoms with E-state index in [9.17, 15) is 21.6 Å². The zero-order valence-corrected chi connectivity index (χ0v) is 15.5. The van der Waals surface area contributed by atoms with Gasteiger partial charge in [-0.05, 0) is 32.1 Å². The van der Waals surface area contributed by atoms with Gasteiger partial charge in [-0.1, -0.05) is 0 Å². The number of amides is 1. The summed E-state index contributed by atoms with van der Waals surface area (Å²) in [5.74, 6) is -0.292. The highest BCUT2D eigenvalue weighted by molar-refractivity contribution is 7.90. The molecule has 0 radical (unpaired) electrons. The maximum Gasteiger partial charge on any atom is 0.223 e. The summed E-state index contributed by atoms with van der Waals surface area (Å²) in [6, 6.07) is 0. The van der Waals surface area contributed by atoms with Gasteiger partial charge in [-0.2, -0.15) is 4.31 Å². The predicted molar refractivity (Wildman–Crippen MR) is 88.3 cm³/mol. The summed E-state index contributed by atoms with van der Waals surface area (Å²) in [5.41, 5.74) is -0.362. The Morgan fingerprint density at radius 1 is 0.957 bits per heavy atom. The van der Waals surface area contributed by atoms with E-state index in [1.54, 1.807) is 9.21 Å². The number of sulfonamides is 1. The van der Waals surface area contributed by atoms with Crippen molar-refractivity contribution in [3.05, 3.63) is 0 Å². The van der Waals surface area contributed by atoms with E-state index >= 15 is 0 Å². The summed E-state index contributed by atoms with van der Waals surface area (Å²) >= 11 is 0. The van der Waals surface area contributed by atoms with E-state index in [2.05, 4.69) is 0 Å². The lowest BCUT2D eigenvalue weighted by Crippen LogP contribution is -2.47. The van der Waals surface area contributed by atoms with Crippen molar-refractivity contribution in [2.45, 2.75) is 44.1 Å². The van der Waals surface area contributed by atoms with E-state index in [-0.39, 0.29) is 23.6 Å². The molecule has 2 aliphatic heterocycles. The lowest BCUT2D eigenvalue weighted by atomic mass is 9.89. The van der Waals surface area contributed by atoms with Gasteiger partial charge in [0.05, 0.1) is 12.0 Å². The van der Waals surface area contributed by atoms with Crippen LogP contribution in [0.15, 0.2) is 0 Å². The third-order valence-electron chi connectivity index (χ3n) is 4.89. The lowest BCUT2D eigenvalue weighted by molar-refractivity contribution is -0.130. The van der Waals surface area contributed by atoms with Crippen molar-refractivity contribution in [3.63, 3.8) is 0 Å². The molecule has 23 heavy (non-hydrogen) atoms. The molecular formula is C14H26N2O5S2. The predicted octanol–water partition coefficient (Wildman–Crippen LogP) is 0.228. The summed E-state index contributed by atoms with van der Waals surface area (Å²) in [6.45, 7) is 1.62. The van der Waals surface area contributed by atoms with Crippen LogP contribution in [0.5, 0.6) is 0 Å². The van der Waals surface area contributed by atoms with Crippen LogP contribution in [-0.2, 0) is 24.7 Å². The molecule has 0 saturated carbocycles. The van der Waals surface area contributed by atoms with Gasteiger partial charge in [-0.25, -0.2) is 16.8 Å². The van der Waals surface area contributed by atoms with Crippen LogP contribution in [0.3, 0.4) is 0 Å². The molecule has 0 N–H and O–H groups in total. The summed E-state index contributed by atoms with van der Waals surface area (Å²) in [6.07, 6.45) is 6.21. The highest BCUT2D eigenvalue weighted by atomic mass is 32.2. The van der Waals surface area contributed by atoms with Gasteiger partial charge in [0.15, 0.2) is 0 Å². The average Bonchev–Trinajstić information content (AvgIpc) is 2.71. The van der Waals surface area contributed by atoms with Crippen LogP contribution < -0.4 is 0 Å². The number of nitrogens with zero attached hydrogens (tertiary/aromatic N) is 2. The molecule has 134 valence electrons. The largest absolute Gasteiger partial charge is 0.343 e. The Bertz CT molecular complexity index is 659. The van der Waals surface area contributed by atoms with E-state index < -0.39 is 19.9 Å². The molecule has 1 spiro atoms. The van der Waals surface area contributed by atoms with Gasteiger partial charge in [-0.15, -0.1) is 0 Å². The van der Waals surface area contributed by atoms with Crippen molar-refractivity contribution in [3.8, 4) is 0 Å². The fourth-order valence-corrected chi connectivity index (χ4v) is 5.77. The second-order valence-electron chi connectivity index (χ2n) is 6.78. The molecule has 7 nitrogen and oxygen atoms in total. The summed E-state index contributed by atoms with van der Waals surface area (Å²) in [7, 11) is -6.40. The van der Waals surface area contributed by atoms with Gasteiger partial charge in [-0.3, -0.25) is 4.79 Å². The maximum atomic E-state index is 12.2. The van der Waals surface area contributed by atoms with Crippen molar-refractivity contribution in [2.24, 2.45) is 0 Å². The Labute approximate surface area is 139 Å². The smallest absolute Gasteiger partial charge is 0.223 e. The molecular weight excluding hydrogens is 340 g/mol. The summed E-state index contributed by atoms with van der Waals surface area (Å²) in [5, 5.41) is 0. The van der Waals surface area contributed by atoms with Crippen LogP contribution in [0.2, 0.25) is 0 Å². The Morgan fingerprint density at radius 3 is 2.13 bits per heavy atom. The van der Waals surface area contributed by atoms with Gasteiger partial charge >= 0.3 is 0 Å². The zero-order valence-electron chi connectivity index (χ0n) is 13.8. The molecule has 1 atom stereocenters. The Hall–Kier alpha value is -0.670. The third-order valence-corrected chi connectivity index (χ3v) is 7.21. The topological polar surface area (TPSA) is 91.8 Å². The van der Waals surface area contributed by atoms with Gasteiger partial charge in [0, 0.05) is 37.8 Å². The van der Waals surface area contributed by atoms with Gasteiger partial charge in [0.2, 0.25) is 15.9 Å². The maximum absolute atomic E-state index is 12.2. The van der Waals surface area contributed by atoms with Crippen LogP contribution in [0.1, 0.15) is 38.5 Å². The molecule has 9 heteroatoms. The Morgan fingerprint density at radius 2 is 1.57 bits per heavy atom. The van der Waals surface area contributed by atoms with Crippen molar-refractivity contribution in [1.29, 1.82) is 0 Å². The number of hydrogen-bond donors (Lipinski definition) is 0. The zero-order chi connectivity index (χ0) is 17.3. The second kappa shape index (κ2) is 6.68. The van der Waals surface area contributed by atoms with E-state index in [0.717, 1.165) is 31.9 Å². The number of carbonyl (C=O) groups excluding carboxylic acids is 1. The number of sulfone groups is 1. The molecule has 0 aromatic rings. The number of likely N-dealkylation sites (tertiary alicyclic amines) is 1. The van der Waals surface area contributed by atoms with Crippen molar-refractivity contribution in [1.82, 2.24) is 9.21 Å². The first kappa shape index (κ1) is 18.7. The highest BCUT2D eigenvalue weighted by Gasteiger charge is 2.46. The van der Waals surface area contributed by atoms with Crippen LogP contribution >= 0.6 is 0 Å². The first-order chi connectivity index (χ1) is 10.5. The molecule has 2 rings (SSSR count). The number of carbonyl (C=O) groups is 1. The van der Waals surface area contributed by atoms with Gasteiger partial charge < -0.3 is 4.90 Å². The van der Waals surface area contributed by atoms with Gasteiger partial charge in [0.25, 0.3) is 0 Å². The van der Waals surface area contributed by atoms with Gasteiger partial charge in [0.1, 0.15) is 9.84 Å². The Kier molecular flexibility index (Phi) is 5.42. The van der Waals surface area contributed by atoms with Crippen LogP contribution in [-0.4, -0.2) is 75.4 Å². The Balaban J connectivity index is 2.03. The monoisotopic (exact) mass is 366 g/mol. The fraction of sp³-hybridized carbons (Fsp3) is 0.929. The highest BCUT2D eigenvalue weighted by Crippen LogP contribution is 2.40. The molecule has 2 aliphatic rings. The summed E-state index contributed by atoms with van der Waals surface area (Å²) in [4.78, 5) is 13.9. The molecule has 2 fully saturated rings. The second-order valence-corrected chi connectivity index (χ2v) is 10.9. The average molecular weight is 367 g/mol. The standard InChI is InChI=1S/C14H26N2O5S2/c1-22(18,19)12-5-13(17)15-9-3-6-14(8-11-15)7-4-10-16(14)23(2,20)21/h3-12H2,1-2H3. The van der Waals surface area contributed by atoms with Crippen LogP contribution in [0, 0.1) is 0 Å². The van der Waals surface area contributed by atoms with E-state index in [0.29, 0.717) is 26.1 Å². The van der Waals surface area contributed by atoms with E-state index in [4.69, 9.17) is 0 Å². The molecule has 1 amide bonds. The minimum Gasteiger partial charge on any atom is -0.343 e. The van der Waals surface area contributed by atoms with Crippen LogP contribution in [0.25, 0.3) is 0 Å². The lowest BCUT2D eigenvalue weighted by Gasteiger charge is -2.36. The molecule has 2 saturated heterocycles. The normalized spacial score (nSPS) is 27.3. The molecule has 0 aromatic carbocycles. The third kappa shape index (κ3) is 4.67. The number of hydrogen-bond acceptors (Lipinski definition) is 5. The number of rotatable bonds is 4. The molecule has 1 unspecified atom stereocenters. The van der Waals surface area contributed by atoms with Crippen molar-refractivity contribution >= 4 is 25.8 Å². The van der Waals surface area contributed by atoms with Crippen molar-refractivity contribution in [2.75, 3.05) is 37.9 Å². The minimum absolute atomic E-state index is 0.00161. The SMILES string of the molecule is CS(=O)(=O)CCC(=O)N1CCCC2(CCCN2S(C)(=O)=O)CC1. The molecule has 0 aromatic heterocycles. The molecule has 0 bridgehead atoms.